The fraction of sp³-hybridized carbons (Fsp3) is 0.381. The van der Waals surface area contributed by atoms with Gasteiger partial charge in [0, 0.05) is 26.2 Å². The van der Waals surface area contributed by atoms with E-state index in [-0.39, 0.29) is 11.9 Å². The monoisotopic (exact) mass is 556 g/mol. The topological polar surface area (TPSA) is 48.0 Å². The number of thiocarbonyl (C=S) groups is 2. The number of thiophene rings is 1. The van der Waals surface area contributed by atoms with Crippen LogP contribution in [0.25, 0.3) is 0 Å². The van der Waals surface area contributed by atoms with Gasteiger partial charge in [0.25, 0.3) is 0 Å². The quantitative estimate of drug-likeness (QED) is 0.547. The summed E-state index contributed by atoms with van der Waals surface area (Å²) in [7, 11) is 0. The maximum Gasteiger partial charge on any atom is 0.414 e. The van der Waals surface area contributed by atoms with Crippen molar-refractivity contribution in [3.05, 3.63) is 44.8 Å². The Morgan fingerprint density at radius 2 is 2.00 bits per heavy atom. The zero-order valence-electron chi connectivity index (χ0n) is 17.3. The maximum atomic E-state index is 15.0. The second kappa shape index (κ2) is 9.98. The number of hydrogen-bond acceptors (Lipinski definition) is 6. The van der Waals surface area contributed by atoms with E-state index in [1.165, 1.54) is 11.0 Å². The third-order valence-electron chi connectivity index (χ3n) is 5.39. The van der Waals surface area contributed by atoms with Gasteiger partial charge in [-0.2, -0.15) is 0 Å². The molecule has 4 rings (SSSR count). The van der Waals surface area contributed by atoms with Gasteiger partial charge in [0.15, 0.2) is 0 Å². The number of rotatable bonds is 5. The average Bonchev–Trinajstić information content (AvgIpc) is 3.37. The molecule has 2 fully saturated rings. The second-order valence-electron chi connectivity index (χ2n) is 7.57. The number of amides is 1. The highest BCUT2D eigenvalue weighted by atomic mass is 79.9. The van der Waals surface area contributed by atoms with Crippen molar-refractivity contribution in [3.8, 4) is 0 Å². The molecule has 0 unspecified atom stereocenters. The molecular weight excluding hydrogens is 535 g/mol. The van der Waals surface area contributed by atoms with Crippen molar-refractivity contribution in [2.75, 3.05) is 49.1 Å². The number of nitrogens with zero attached hydrogens (tertiary/aromatic N) is 3. The Hall–Kier alpha value is -1.82. The van der Waals surface area contributed by atoms with E-state index in [1.54, 1.807) is 30.4 Å². The predicted molar refractivity (Wildman–Crippen MR) is 138 cm³/mol. The Kier molecular flexibility index (Phi) is 7.28. The highest BCUT2D eigenvalue weighted by Crippen LogP contribution is 2.29. The molecule has 0 saturated carbocycles. The van der Waals surface area contributed by atoms with Crippen LogP contribution in [0.4, 0.5) is 20.6 Å². The molecule has 32 heavy (non-hydrogen) atoms. The lowest BCUT2D eigenvalue weighted by molar-refractivity contribution is 0.143. The summed E-state index contributed by atoms with van der Waals surface area (Å²) in [6.45, 7) is 5.34. The van der Waals surface area contributed by atoms with Crippen LogP contribution in [0.1, 0.15) is 11.8 Å². The number of halogens is 2. The first-order valence-electron chi connectivity index (χ1n) is 10.1. The van der Waals surface area contributed by atoms with Crippen LogP contribution in [0, 0.1) is 5.82 Å². The van der Waals surface area contributed by atoms with Crippen LogP contribution < -0.4 is 15.1 Å². The minimum Gasteiger partial charge on any atom is -0.442 e. The minimum atomic E-state index is -0.478. The van der Waals surface area contributed by atoms with Gasteiger partial charge in [0.1, 0.15) is 16.9 Å². The molecule has 0 spiro atoms. The molecule has 0 bridgehead atoms. The van der Waals surface area contributed by atoms with Crippen molar-refractivity contribution in [2.24, 2.45) is 0 Å². The van der Waals surface area contributed by atoms with Gasteiger partial charge in [-0.15, -0.1) is 11.3 Å². The van der Waals surface area contributed by atoms with Gasteiger partial charge in [0.2, 0.25) is 0 Å². The maximum absolute atomic E-state index is 15.0. The molecule has 2 aliphatic heterocycles. The number of carbonyl (C=O) groups excluding carboxylic acids is 1. The molecule has 2 aliphatic rings. The Morgan fingerprint density at radius 1 is 1.25 bits per heavy atom. The Morgan fingerprint density at radius 3 is 2.62 bits per heavy atom. The number of nitrogens with one attached hydrogen (secondary N) is 1. The van der Waals surface area contributed by atoms with E-state index >= 15 is 0 Å². The fourth-order valence-corrected chi connectivity index (χ4v) is 5.56. The number of hydrogen-bond donors (Lipinski definition) is 1. The van der Waals surface area contributed by atoms with Crippen LogP contribution in [0.3, 0.4) is 0 Å². The van der Waals surface area contributed by atoms with Crippen LogP contribution in [0.5, 0.6) is 0 Å². The number of ether oxygens (including phenoxy) is 1. The molecule has 3 heterocycles. The lowest BCUT2D eigenvalue weighted by Crippen LogP contribution is -2.48. The normalized spacial score (nSPS) is 18.7. The van der Waals surface area contributed by atoms with Crippen LogP contribution in [-0.4, -0.2) is 66.3 Å². The van der Waals surface area contributed by atoms with E-state index in [4.69, 9.17) is 29.2 Å². The van der Waals surface area contributed by atoms with Gasteiger partial charge >= 0.3 is 6.09 Å². The second-order valence-corrected chi connectivity index (χ2v) is 11.0. The zero-order chi connectivity index (χ0) is 22.8. The summed E-state index contributed by atoms with van der Waals surface area (Å²) in [6.07, 6.45) is -0.808. The van der Waals surface area contributed by atoms with E-state index in [0.717, 1.165) is 26.7 Å². The number of cyclic esters (lactones) is 1. The molecule has 2 aromatic rings. The van der Waals surface area contributed by atoms with Gasteiger partial charge < -0.3 is 19.9 Å². The van der Waals surface area contributed by atoms with E-state index in [2.05, 4.69) is 26.1 Å². The van der Waals surface area contributed by atoms with E-state index in [0.29, 0.717) is 42.5 Å². The SMILES string of the molecule is CC(=S)NC[C@H]1CN(c2ccc(N3CCN(C(=S)c4ccc(Br)s4)CC3)c(F)c2)C(=O)O1. The molecule has 1 N–H and O–H groups in total. The summed E-state index contributed by atoms with van der Waals surface area (Å²) in [6, 6.07) is 8.90. The van der Waals surface area contributed by atoms with E-state index in [1.807, 2.05) is 17.0 Å². The summed E-state index contributed by atoms with van der Waals surface area (Å²) in [5, 5.41) is 3.00. The van der Waals surface area contributed by atoms with Gasteiger partial charge in [-0.1, -0.05) is 24.4 Å². The smallest absolute Gasteiger partial charge is 0.414 e. The van der Waals surface area contributed by atoms with Gasteiger partial charge in [-0.05, 0) is 53.2 Å². The van der Waals surface area contributed by atoms with Gasteiger partial charge in [0.05, 0.1) is 38.1 Å². The molecule has 1 aromatic heterocycles. The summed E-state index contributed by atoms with van der Waals surface area (Å²) >= 11 is 15.7. The Bertz CT molecular complexity index is 1040. The average molecular weight is 558 g/mol. The molecule has 0 aliphatic carbocycles. The lowest BCUT2D eigenvalue weighted by atomic mass is 10.2. The van der Waals surface area contributed by atoms with E-state index in [9.17, 15) is 9.18 Å². The van der Waals surface area contributed by atoms with Crippen LogP contribution in [0.15, 0.2) is 34.1 Å². The highest BCUT2D eigenvalue weighted by Gasteiger charge is 2.33. The standard InChI is InChI=1S/C21H22BrFN4O2S3/c1-13(30)24-11-15-12-27(21(28)29-15)14-2-3-17(16(23)10-14)25-6-8-26(9-7-25)20(31)18-4-5-19(22)32-18/h2-5,10,15H,6-9,11-12H2,1H3,(H,24,30)/t15-/m0/s1. The summed E-state index contributed by atoms with van der Waals surface area (Å²) in [4.78, 5) is 20.4. The first kappa shape index (κ1) is 23.3. The molecule has 2 saturated heterocycles. The van der Waals surface area contributed by atoms with E-state index < -0.39 is 6.09 Å². The van der Waals surface area contributed by atoms with Gasteiger partial charge in [-0.25, -0.2) is 9.18 Å². The van der Waals surface area contributed by atoms with Crippen molar-refractivity contribution in [1.82, 2.24) is 10.2 Å². The largest absolute Gasteiger partial charge is 0.442 e. The fourth-order valence-electron chi connectivity index (χ4n) is 3.75. The minimum absolute atomic E-state index is 0.330. The number of carbonyl (C=O) groups is 1. The Labute approximate surface area is 209 Å². The third-order valence-corrected chi connectivity index (χ3v) is 7.77. The molecule has 11 heteroatoms. The number of piperazine rings is 1. The summed E-state index contributed by atoms with van der Waals surface area (Å²) in [5.74, 6) is -0.357. The first-order chi connectivity index (χ1) is 15.3. The van der Waals surface area contributed by atoms with Crippen molar-refractivity contribution in [1.29, 1.82) is 0 Å². The Balaban J connectivity index is 1.37. The molecule has 0 radical (unpaired) electrons. The molecular formula is C21H22BrFN4O2S3. The molecule has 1 atom stereocenters. The highest BCUT2D eigenvalue weighted by molar-refractivity contribution is 9.11. The van der Waals surface area contributed by atoms with Crippen LogP contribution >= 0.6 is 51.7 Å². The lowest BCUT2D eigenvalue weighted by Gasteiger charge is -2.37. The molecule has 1 aromatic carbocycles. The van der Waals surface area contributed by atoms with Crippen molar-refractivity contribution in [3.63, 3.8) is 0 Å². The predicted octanol–water partition coefficient (Wildman–Crippen LogP) is 4.41. The zero-order valence-corrected chi connectivity index (χ0v) is 21.4. The summed E-state index contributed by atoms with van der Waals surface area (Å²) < 4.78 is 21.4. The molecule has 170 valence electrons. The number of anilines is 2. The molecule has 1 amide bonds. The van der Waals surface area contributed by atoms with Gasteiger partial charge in [-0.3, -0.25) is 4.90 Å². The van der Waals surface area contributed by atoms with Crippen LogP contribution in [-0.2, 0) is 4.74 Å². The third kappa shape index (κ3) is 5.22. The van der Waals surface area contributed by atoms with Crippen molar-refractivity contribution in [2.45, 2.75) is 13.0 Å². The van der Waals surface area contributed by atoms with Crippen molar-refractivity contribution < 1.29 is 13.9 Å². The first-order valence-corrected chi connectivity index (χ1v) is 12.6. The number of benzene rings is 1. The molecule has 6 nitrogen and oxygen atoms in total. The van der Waals surface area contributed by atoms with Crippen LogP contribution in [0.2, 0.25) is 0 Å². The van der Waals surface area contributed by atoms with Crippen molar-refractivity contribution >= 4 is 79.1 Å². The summed E-state index contributed by atoms with van der Waals surface area (Å²) in [5.41, 5.74) is 1.02.